The van der Waals surface area contributed by atoms with Crippen molar-refractivity contribution in [2.45, 2.75) is 32.2 Å². The minimum absolute atomic E-state index is 0.102. The molecule has 0 aromatic carbocycles. The van der Waals surface area contributed by atoms with Gasteiger partial charge in [0.15, 0.2) is 0 Å². The Kier molecular flexibility index (Phi) is 4.68. The smallest absolute Gasteiger partial charge is 0.293 e. The molecule has 1 saturated heterocycles. The van der Waals surface area contributed by atoms with E-state index in [0.29, 0.717) is 5.78 Å². The van der Waals surface area contributed by atoms with Crippen molar-refractivity contribution in [2.24, 2.45) is 0 Å². The van der Waals surface area contributed by atoms with E-state index < -0.39 is 0 Å². The summed E-state index contributed by atoms with van der Waals surface area (Å²) in [6.45, 7) is 4.71. The van der Waals surface area contributed by atoms with E-state index in [9.17, 15) is 4.79 Å². The lowest BCUT2D eigenvalue weighted by Gasteiger charge is -2.33. The predicted molar refractivity (Wildman–Crippen MR) is 85.7 cm³/mol. The monoisotopic (exact) mass is 366 g/mol. The molecule has 1 N–H and O–H groups in total. The van der Waals surface area contributed by atoms with Crippen LogP contribution in [0.3, 0.4) is 0 Å². The summed E-state index contributed by atoms with van der Waals surface area (Å²) in [5.74, 6) is 0.557. The molecule has 118 valence electrons. The molecule has 7 nitrogen and oxygen atoms in total. The first-order chi connectivity index (χ1) is 10.7. The number of halogens is 1. The van der Waals surface area contributed by atoms with Gasteiger partial charge in [0.2, 0.25) is 5.82 Å². The highest BCUT2D eigenvalue weighted by Gasteiger charge is 2.28. The molecule has 2 aromatic rings. The minimum atomic E-state index is -0.102. The Labute approximate surface area is 137 Å². The number of carbonyl (C=O) groups is 1. The van der Waals surface area contributed by atoms with Crippen LogP contribution < -0.4 is 5.32 Å². The fourth-order valence-corrected chi connectivity index (χ4v) is 3.08. The summed E-state index contributed by atoms with van der Waals surface area (Å²) in [5, 5.41) is 7.61. The lowest BCUT2D eigenvalue weighted by Crippen LogP contribution is -2.46. The highest BCUT2D eigenvalue weighted by molar-refractivity contribution is 9.10. The van der Waals surface area contributed by atoms with Crippen LogP contribution in [0.1, 0.15) is 36.8 Å². The van der Waals surface area contributed by atoms with Gasteiger partial charge in [0, 0.05) is 25.0 Å². The fourth-order valence-electron chi connectivity index (χ4n) is 2.79. The fraction of sp³-hybridized carbons (Fsp3) is 0.571. The van der Waals surface area contributed by atoms with Gasteiger partial charge in [-0.25, -0.2) is 9.50 Å². The molecule has 0 spiro atoms. The zero-order chi connectivity index (χ0) is 15.5. The third-order valence-electron chi connectivity index (χ3n) is 3.83. The average Bonchev–Trinajstić information content (AvgIpc) is 2.96. The van der Waals surface area contributed by atoms with Crippen LogP contribution in [0.4, 0.5) is 0 Å². The van der Waals surface area contributed by atoms with Crippen molar-refractivity contribution in [3.8, 4) is 0 Å². The van der Waals surface area contributed by atoms with Crippen LogP contribution in [0.25, 0.3) is 5.78 Å². The lowest BCUT2D eigenvalue weighted by molar-refractivity contribution is 0.0630. The van der Waals surface area contributed by atoms with E-state index in [1.54, 1.807) is 12.4 Å². The first-order valence-corrected chi connectivity index (χ1v) is 8.38. The van der Waals surface area contributed by atoms with Crippen molar-refractivity contribution < 1.29 is 4.79 Å². The van der Waals surface area contributed by atoms with Crippen molar-refractivity contribution in [3.63, 3.8) is 0 Å². The summed E-state index contributed by atoms with van der Waals surface area (Å²) in [7, 11) is 0. The van der Waals surface area contributed by atoms with Gasteiger partial charge < -0.3 is 10.2 Å². The van der Waals surface area contributed by atoms with Gasteiger partial charge in [0.05, 0.1) is 4.47 Å². The van der Waals surface area contributed by atoms with E-state index in [1.807, 2.05) is 4.90 Å². The van der Waals surface area contributed by atoms with E-state index >= 15 is 0 Å². The molecular weight excluding hydrogens is 348 g/mol. The Morgan fingerprint density at radius 1 is 1.50 bits per heavy atom. The third-order valence-corrected chi connectivity index (χ3v) is 4.24. The number of amides is 1. The molecule has 0 saturated carbocycles. The van der Waals surface area contributed by atoms with Gasteiger partial charge in [0.1, 0.15) is 0 Å². The molecule has 0 bridgehead atoms. The van der Waals surface area contributed by atoms with Gasteiger partial charge in [-0.2, -0.15) is 4.98 Å². The van der Waals surface area contributed by atoms with E-state index in [2.05, 4.69) is 43.2 Å². The molecule has 8 heteroatoms. The van der Waals surface area contributed by atoms with Crippen molar-refractivity contribution in [1.82, 2.24) is 29.8 Å². The zero-order valence-corrected chi connectivity index (χ0v) is 14.1. The van der Waals surface area contributed by atoms with Gasteiger partial charge in [-0.05, 0) is 48.3 Å². The average molecular weight is 367 g/mol. The highest BCUT2D eigenvalue weighted by Crippen LogP contribution is 2.16. The molecule has 0 aliphatic carbocycles. The number of carbonyl (C=O) groups excluding carboxylic acids is 1. The zero-order valence-electron chi connectivity index (χ0n) is 12.5. The Balaban J connectivity index is 1.87. The SMILES string of the molecule is CCCN(C(=O)c1nc2ncc(Br)cn2n1)C1CCNCC1. The number of hydrogen-bond donors (Lipinski definition) is 1. The first kappa shape index (κ1) is 15.4. The van der Waals surface area contributed by atoms with Crippen molar-refractivity contribution in [1.29, 1.82) is 0 Å². The predicted octanol–water partition coefficient (Wildman–Crippen LogP) is 1.49. The van der Waals surface area contributed by atoms with E-state index in [1.165, 1.54) is 4.52 Å². The molecule has 0 radical (unpaired) electrons. The van der Waals surface area contributed by atoms with E-state index in [-0.39, 0.29) is 17.8 Å². The normalized spacial score (nSPS) is 16.1. The number of nitrogens with one attached hydrogen (secondary N) is 1. The second kappa shape index (κ2) is 6.70. The Bertz CT molecular complexity index is 666. The summed E-state index contributed by atoms with van der Waals surface area (Å²) in [6, 6.07) is 0.264. The van der Waals surface area contributed by atoms with Crippen LogP contribution in [0.5, 0.6) is 0 Å². The quantitative estimate of drug-likeness (QED) is 0.886. The van der Waals surface area contributed by atoms with Crippen LogP contribution in [0.15, 0.2) is 16.9 Å². The van der Waals surface area contributed by atoms with E-state index in [0.717, 1.165) is 43.4 Å². The van der Waals surface area contributed by atoms with Crippen molar-refractivity contribution in [2.75, 3.05) is 19.6 Å². The summed E-state index contributed by atoms with van der Waals surface area (Å²) in [5.41, 5.74) is 0. The van der Waals surface area contributed by atoms with Gasteiger partial charge in [0.25, 0.3) is 11.7 Å². The van der Waals surface area contributed by atoms with Crippen molar-refractivity contribution in [3.05, 3.63) is 22.7 Å². The number of fused-ring (bicyclic) bond motifs is 1. The summed E-state index contributed by atoms with van der Waals surface area (Å²) >= 11 is 3.34. The lowest BCUT2D eigenvalue weighted by atomic mass is 10.0. The topological polar surface area (TPSA) is 75.4 Å². The molecule has 0 unspecified atom stereocenters. The molecule has 3 heterocycles. The Morgan fingerprint density at radius 3 is 3.00 bits per heavy atom. The second-order valence-corrected chi connectivity index (χ2v) is 6.35. The van der Waals surface area contributed by atoms with Crippen molar-refractivity contribution >= 4 is 27.6 Å². The molecule has 22 heavy (non-hydrogen) atoms. The molecular formula is C14H19BrN6O. The first-order valence-electron chi connectivity index (χ1n) is 7.58. The van der Waals surface area contributed by atoms with Crippen LogP contribution >= 0.6 is 15.9 Å². The summed E-state index contributed by atoms with van der Waals surface area (Å²) < 4.78 is 2.33. The number of rotatable bonds is 4. The molecule has 3 rings (SSSR count). The standard InChI is InChI=1S/C14H19BrN6O/c1-2-7-20(11-3-5-16-6-4-11)13(22)12-18-14-17-8-10(15)9-21(14)19-12/h8-9,11,16H,2-7H2,1H3. The molecule has 1 aliphatic rings. The maximum absolute atomic E-state index is 12.8. The Morgan fingerprint density at radius 2 is 2.27 bits per heavy atom. The molecule has 2 aromatic heterocycles. The number of hydrogen-bond acceptors (Lipinski definition) is 5. The van der Waals surface area contributed by atoms with Crippen LogP contribution in [-0.2, 0) is 0 Å². The van der Waals surface area contributed by atoms with Gasteiger partial charge in [-0.1, -0.05) is 6.92 Å². The minimum Gasteiger partial charge on any atom is -0.333 e. The number of aromatic nitrogens is 4. The molecule has 1 amide bonds. The molecule has 1 aliphatic heterocycles. The summed E-state index contributed by atoms with van der Waals surface area (Å²) in [6.07, 6.45) is 6.27. The summed E-state index contributed by atoms with van der Waals surface area (Å²) in [4.78, 5) is 23.2. The Hall–Kier alpha value is -1.54. The van der Waals surface area contributed by atoms with Gasteiger partial charge >= 0.3 is 0 Å². The van der Waals surface area contributed by atoms with E-state index in [4.69, 9.17) is 0 Å². The maximum Gasteiger partial charge on any atom is 0.293 e. The highest BCUT2D eigenvalue weighted by atomic mass is 79.9. The van der Waals surface area contributed by atoms with Gasteiger partial charge in [-0.15, -0.1) is 5.10 Å². The van der Waals surface area contributed by atoms with Crippen LogP contribution in [0, 0.1) is 0 Å². The number of piperidine rings is 1. The third kappa shape index (κ3) is 3.12. The molecule has 1 fully saturated rings. The molecule has 0 atom stereocenters. The van der Waals surface area contributed by atoms with Crippen LogP contribution in [-0.4, -0.2) is 56.1 Å². The van der Waals surface area contributed by atoms with Gasteiger partial charge in [-0.3, -0.25) is 4.79 Å². The second-order valence-electron chi connectivity index (χ2n) is 5.43. The largest absolute Gasteiger partial charge is 0.333 e. The van der Waals surface area contributed by atoms with Crippen LogP contribution in [0.2, 0.25) is 0 Å². The maximum atomic E-state index is 12.8. The number of nitrogens with zero attached hydrogens (tertiary/aromatic N) is 5.